The standard InChI is InChI=1S/C19H24ClN3O3S/c1-19(12-7-14-4-3-5-15(8-12)22(14)27(2,25)26)18(24)16-9-13(20)6-11-10-21-23(19)17(11)16/h6,9-10,12,14-15,18,24H,3-5,7-8H2,1-2H3/t12-,14-,15+,18?,19?. The van der Waals surface area contributed by atoms with E-state index >= 15 is 0 Å². The molecule has 27 heavy (non-hydrogen) atoms. The Morgan fingerprint density at radius 2 is 1.93 bits per heavy atom. The summed E-state index contributed by atoms with van der Waals surface area (Å²) in [5.41, 5.74) is 1.19. The molecule has 0 radical (unpaired) electrons. The van der Waals surface area contributed by atoms with Crippen molar-refractivity contribution in [1.29, 1.82) is 0 Å². The minimum absolute atomic E-state index is 0.0138. The van der Waals surface area contributed by atoms with E-state index in [0.29, 0.717) is 5.02 Å². The number of sulfonamides is 1. The van der Waals surface area contributed by atoms with Crippen LogP contribution in [0.2, 0.25) is 5.02 Å². The van der Waals surface area contributed by atoms with E-state index in [-0.39, 0.29) is 18.0 Å². The van der Waals surface area contributed by atoms with Gasteiger partial charge in [0.2, 0.25) is 10.0 Å². The van der Waals surface area contributed by atoms with Gasteiger partial charge in [0.15, 0.2) is 0 Å². The largest absolute Gasteiger partial charge is 0.386 e. The van der Waals surface area contributed by atoms with Crippen molar-refractivity contribution in [2.24, 2.45) is 5.92 Å². The van der Waals surface area contributed by atoms with Gasteiger partial charge in [-0.15, -0.1) is 0 Å². The zero-order valence-electron chi connectivity index (χ0n) is 15.5. The molecule has 1 aromatic heterocycles. The molecule has 6 nitrogen and oxygen atoms in total. The van der Waals surface area contributed by atoms with Crippen LogP contribution in [0, 0.1) is 5.92 Å². The third-order valence-corrected chi connectivity index (χ3v) is 8.66. The van der Waals surface area contributed by atoms with Gasteiger partial charge in [0.1, 0.15) is 6.10 Å². The molecule has 0 saturated carbocycles. The van der Waals surface area contributed by atoms with Crippen LogP contribution in [-0.2, 0) is 15.6 Å². The van der Waals surface area contributed by atoms with Gasteiger partial charge in [0.05, 0.1) is 23.5 Å². The number of fused-ring (bicyclic) bond motifs is 2. The Balaban J connectivity index is 1.58. The fourth-order valence-corrected chi connectivity index (χ4v) is 7.62. The number of halogens is 1. The first kappa shape index (κ1) is 17.9. The minimum Gasteiger partial charge on any atom is -0.386 e. The molecule has 1 N–H and O–H groups in total. The van der Waals surface area contributed by atoms with Crippen molar-refractivity contribution in [3.05, 3.63) is 28.9 Å². The lowest BCUT2D eigenvalue weighted by molar-refractivity contribution is -0.0391. The maximum atomic E-state index is 12.3. The van der Waals surface area contributed by atoms with Crippen LogP contribution in [0.5, 0.6) is 0 Å². The first-order valence-corrected chi connectivity index (χ1v) is 11.8. The maximum absolute atomic E-state index is 12.3. The summed E-state index contributed by atoms with van der Waals surface area (Å²) in [6, 6.07) is 3.74. The van der Waals surface area contributed by atoms with Crippen LogP contribution in [0.25, 0.3) is 10.9 Å². The topological polar surface area (TPSA) is 75.4 Å². The van der Waals surface area contributed by atoms with Crippen LogP contribution in [0.3, 0.4) is 0 Å². The number of rotatable bonds is 2. The smallest absolute Gasteiger partial charge is 0.211 e. The van der Waals surface area contributed by atoms with E-state index in [2.05, 4.69) is 12.0 Å². The van der Waals surface area contributed by atoms with Crippen LogP contribution in [-0.4, -0.2) is 45.9 Å². The van der Waals surface area contributed by atoms with Gasteiger partial charge >= 0.3 is 0 Å². The van der Waals surface area contributed by atoms with Crippen molar-refractivity contribution in [3.8, 4) is 0 Å². The Kier molecular flexibility index (Phi) is 3.77. The summed E-state index contributed by atoms with van der Waals surface area (Å²) in [4.78, 5) is 0. The third-order valence-electron chi connectivity index (χ3n) is 7.08. The molecule has 2 fully saturated rings. The fraction of sp³-hybridized carbons (Fsp3) is 0.632. The number of benzene rings is 1. The Morgan fingerprint density at radius 1 is 1.26 bits per heavy atom. The summed E-state index contributed by atoms with van der Waals surface area (Å²) in [5, 5.41) is 17.4. The zero-order valence-corrected chi connectivity index (χ0v) is 17.0. The molecule has 2 aromatic rings. The molecular weight excluding hydrogens is 386 g/mol. The predicted octanol–water partition coefficient (Wildman–Crippen LogP) is 3.04. The van der Waals surface area contributed by atoms with Crippen LogP contribution in [0.1, 0.15) is 50.7 Å². The molecule has 0 aliphatic carbocycles. The van der Waals surface area contributed by atoms with Crippen LogP contribution in [0.4, 0.5) is 0 Å². The summed E-state index contributed by atoms with van der Waals surface area (Å²) < 4.78 is 28.4. The Labute approximate surface area is 164 Å². The SMILES string of the molecule is CC1([C@@H]2C[C@H]3CCC[C@@H](C2)N3S(C)(=O)=O)C(O)c2cc(Cl)cc3cnn1c23. The van der Waals surface area contributed by atoms with Gasteiger partial charge in [-0.2, -0.15) is 9.40 Å². The van der Waals surface area contributed by atoms with E-state index in [1.165, 1.54) is 6.26 Å². The molecule has 2 bridgehead atoms. The second kappa shape index (κ2) is 5.69. The van der Waals surface area contributed by atoms with E-state index in [9.17, 15) is 13.5 Å². The number of piperidine rings is 2. The van der Waals surface area contributed by atoms with E-state index < -0.39 is 21.7 Å². The van der Waals surface area contributed by atoms with E-state index in [1.54, 1.807) is 10.5 Å². The number of hydrogen-bond acceptors (Lipinski definition) is 4. The summed E-state index contributed by atoms with van der Waals surface area (Å²) >= 11 is 6.25. The second-order valence-corrected chi connectivity index (χ2v) is 10.9. The lowest BCUT2D eigenvalue weighted by Gasteiger charge is -2.51. The number of aromatic nitrogens is 2. The van der Waals surface area contributed by atoms with Crippen molar-refractivity contribution >= 4 is 32.5 Å². The van der Waals surface area contributed by atoms with Crippen LogP contribution < -0.4 is 0 Å². The highest BCUT2D eigenvalue weighted by molar-refractivity contribution is 7.88. The molecule has 146 valence electrons. The van der Waals surface area contributed by atoms with Crippen molar-refractivity contribution in [3.63, 3.8) is 0 Å². The van der Waals surface area contributed by atoms with Gasteiger partial charge in [-0.05, 0) is 50.7 Å². The number of hydrogen-bond donors (Lipinski definition) is 1. The molecule has 3 aliphatic rings. The monoisotopic (exact) mass is 409 g/mol. The Hall–Kier alpha value is -1.15. The maximum Gasteiger partial charge on any atom is 0.211 e. The highest BCUT2D eigenvalue weighted by Gasteiger charge is 2.55. The van der Waals surface area contributed by atoms with Gasteiger partial charge in [-0.1, -0.05) is 18.0 Å². The number of aliphatic hydroxyl groups excluding tert-OH is 1. The molecule has 0 amide bonds. The molecule has 2 saturated heterocycles. The quantitative estimate of drug-likeness (QED) is 0.827. The lowest BCUT2D eigenvalue weighted by atomic mass is 9.69. The molecule has 5 atom stereocenters. The average molecular weight is 410 g/mol. The molecule has 0 spiro atoms. The Morgan fingerprint density at radius 3 is 2.56 bits per heavy atom. The lowest BCUT2D eigenvalue weighted by Crippen LogP contribution is -2.58. The van der Waals surface area contributed by atoms with Gasteiger partial charge in [0.25, 0.3) is 0 Å². The fourth-order valence-electron chi connectivity index (χ4n) is 5.92. The normalized spacial score (nSPS) is 36.4. The molecule has 4 heterocycles. The summed E-state index contributed by atoms with van der Waals surface area (Å²) in [5.74, 6) is 0.148. The summed E-state index contributed by atoms with van der Waals surface area (Å²) in [6.45, 7) is 2.06. The number of nitrogens with zero attached hydrogens (tertiary/aromatic N) is 3. The van der Waals surface area contributed by atoms with Gasteiger partial charge in [-0.3, -0.25) is 4.68 Å². The van der Waals surface area contributed by atoms with Crippen molar-refractivity contribution in [1.82, 2.24) is 14.1 Å². The van der Waals surface area contributed by atoms with E-state index in [4.69, 9.17) is 11.6 Å². The summed E-state index contributed by atoms with van der Waals surface area (Å²) in [6.07, 6.45) is 6.77. The summed E-state index contributed by atoms with van der Waals surface area (Å²) in [7, 11) is -3.22. The first-order chi connectivity index (χ1) is 12.7. The van der Waals surface area contributed by atoms with Crippen LogP contribution in [0.15, 0.2) is 18.3 Å². The molecule has 3 aliphatic heterocycles. The predicted molar refractivity (Wildman–Crippen MR) is 104 cm³/mol. The highest BCUT2D eigenvalue weighted by Crippen LogP contribution is 2.54. The minimum atomic E-state index is -3.22. The van der Waals surface area contributed by atoms with Gasteiger partial charge in [-0.25, -0.2) is 8.42 Å². The van der Waals surface area contributed by atoms with Gasteiger partial charge in [0, 0.05) is 28.1 Å². The zero-order chi connectivity index (χ0) is 19.1. The molecular formula is C19H24ClN3O3S. The van der Waals surface area contributed by atoms with E-state index in [0.717, 1.165) is 48.6 Å². The Bertz CT molecular complexity index is 1020. The van der Waals surface area contributed by atoms with Gasteiger partial charge < -0.3 is 5.11 Å². The first-order valence-electron chi connectivity index (χ1n) is 9.55. The van der Waals surface area contributed by atoms with E-state index in [1.807, 2.05) is 16.8 Å². The van der Waals surface area contributed by atoms with Crippen molar-refractivity contribution < 1.29 is 13.5 Å². The van der Waals surface area contributed by atoms with Crippen molar-refractivity contribution in [2.75, 3.05) is 6.26 Å². The molecule has 5 rings (SSSR count). The number of aliphatic hydroxyl groups is 1. The molecule has 8 heteroatoms. The van der Waals surface area contributed by atoms with Crippen LogP contribution >= 0.6 is 11.6 Å². The molecule has 1 aromatic carbocycles. The van der Waals surface area contributed by atoms with Crippen molar-refractivity contribution in [2.45, 2.75) is 62.8 Å². The average Bonchev–Trinajstić information content (AvgIpc) is 3.09. The second-order valence-electron chi connectivity index (χ2n) is 8.62. The molecule has 2 unspecified atom stereocenters. The third kappa shape index (κ3) is 2.38. The highest BCUT2D eigenvalue weighted by atomic mass is 35.5.